The molecule has 0 bridgehead atoms. The molecule has 23 nitrogen and oxygen atoms in total. The predicted octanol–water partition coefficient (Wildman–Crippen LogP) is -3.52. The Morgan fingerprint density at radius 1 is 0.942 bits per heavy atom. The van der Waals surface area contributed by atoms with Crippen molar-refractivity contribution < 1.29 is 91.1 Å². The van der Waals surface area contributed by atoms with Gasteiger partial charge in [-0.3, -0.25) is 15.0 Å². The molecule has 28 heteroatoms. The van der Waals surface area contributed by atoms with E-state index in [1.165, 1.54) is 14.0 Å². The maximum atomic E-state index is 14.4. The number of hydrogen-bond acceptors (Lipinski definition) is 18. The highest BCUT2D eigenvalue weighted by Gasteiger charge is 2.61. The van der Waals surface area contributed by atoms with Gasteiger partial charge in [-0.2, -0.15) is 13.2 Å². The van der Waals surface area contributed by atoms with Crippen molar-refractivity contribution in [3.63, 3.8) is 0 Å². The van der Waals surface area contributed by atoms with Gasteiger partial charge < -0.3 is 92.7 Å². The Bertz CT molecular complexity index is 2150. The average Bonchev–Trinajstić information content (AvgIpc) is 4.09. The second-order valence-corrected chi connectivity index (χ2v) is 16.6. The van der Waals surface area contributed by atoms with E-state index in [-0.39, 0.29) is 25.2 Å². The van der Waals surface area contributed by atoms with Crippen molar-refractivity contribution >= 4 is 29.9 Å². The number of nitrogens with one attached hydrogen (secondary N) is 4. The summed E-state index contributed by atoms with van der Waals surface area (Å²) in [5, 5.41) is 92.0. The second-order valence-electron chi connectivity index (χ2n) is 16.6. The van der Waals surface area contributed by atoms with Gasteiger partial charge in [0.2, 0.25) is 5.91 Å². The van der Waals surface area contributed by atoms with Gasteiger partial charge in [-0.1, -0.05) is 35.5 Å². The normalized spacial score (nSPS) is 33.6. The highest BCUT2D eigenvalue weighted by atomic mass is 19.4. The minimum absolute atomic E-state index is 0.107. The highest BCUT2D eigenvalue weighted by molar-refractivity contribution is 6.09. The molecule has 2 aromatic rings. The molecule has 2 aliphatic carbocycles. The van der Waals surface area contributed by atoms with E-state index in [4.69, 9.17) is 46.4 Å². The van der Waals surface area contributed by atoms with Crippen LogP contribution in [0.3, 0.4) is 0 Å². The number of ether oxygens (including phenoxy) is 4. The lowest BCUT2D eigenvalue weighted by Gasteiger charge is -2.46. The van der Waals surface area contributed by atoms with Crippen molar-refractivity contribution in [3.8, 4) is 0 Å². The number of aliphatic hydroxyl groups excluding tert-OH is 6. The van der Waals surface area contributed by atoms with Crippen LogP contribution in [-0.2, 0) is 46.0 Å². The van der Waals surface area contributed by atoms with Gasteiger partial charge in [0, 0.05) is 0 Å². The van der Waals surface area contributed by atoms with Crippen LogP contribution < -0.4 is 33.2 Å². The van der Waals surface area contributed by atoms with E-state index in [2.05, 4.69) is 26.1 Å². The summed E-state index contributed by atoms with van der Waals surface area (Å²) in [7, 11) is 1.42. The SMILES string of the molecule is CN[C@@H]1[C@H](O[C@H]2[C@H](O[C@H]3[C@H](O)[C@@H](O)[C@H](NC(=N)N)[C@@H](O)[C@@H]3N=C(N)N)O[C@@H](C)[C@]2(O)C=O)O[C@@H](CO)[C@H](O)[C@H]1O.O=C(Cc1ccccc1)N/C(=N\OCC1CC1)c1c(C(F)(F)F)ccc(F)c1F. The molecule has 2 aromatic carbocycles. The van der Waals surface area contributed by atoms with E-state index in [1.807, 2.05) is 0 Å². The Morgan fingerprint density at radius 2 is 1.59 bits per heavy atom. The van der Waals surface area contributed by atoms with Crippen LogP contribution in [0.1, 0.15) is 36.5 Å². The van der Waals surface area contributed by atoms with Gasteiger partial charge in [-0.05, 0) is 50.4 Å². The standard InChI is InChI=1S/C21H39N7O12.C20H17F5N2O2/c1-5-21(36,4-30)16(40-17-9(26-2)13(34)10(31)6(3-29)38-17)18(37-5)39-15-8(28-20(24)25)11(32)7(27-19(22)23)12(33)14(15)35;21-15-9-8-14(20(23,24)25)17(18(15)22)19(27-29-11-13-6-7-13)26-16(28)10-12-4-2-1-3-5-12/h4-18,26,29,31-36H,3H2,1-2H3,(H4,22,23,27)(H4,24,25,28);1-5,8-9,13H,6-7,10-11H2,(H,26,27,28)/t5-,6-,7+,8-,9-,10-,11+,12-,13-,14+,15+,16-,17-,18-,21+;/m0./s1. The second kappa shape index (κ2) is 23.1. The van der Waals surface area contributed by atoms with Gasteiger partial charge in [0.1, 0.15) is 61.5 Å². The quantitative estimate of drug-likeness (QED) is 0.0270. The van der Waals surface area contributed by atoms with Crippen molar-refractivity contribution in [2.45, 2.75) is 124 Å². The van der Waals surface area contributed by atoms with Gasteiger partial charge in [0.15, 0.2) is 53.9 Å². The molecule has 2 heterocycles. The van der Waals surface area contributed by atoms with Crippen LogP contribution >= 0.6 is 0 Å². The van der Waals surface area contributed by atoms with Crippen LogP contribution in [0.25, 0.3) is 0 Å². The molecule has 4 fully saturated rings. The van der Waals surface area contributed by atoms with E-state index in [1.54, 1.807) is 30.3 Å². The molecule has 2 saturated carbocycles. The van der Waals surface area contributed by atoms with Crippen molar-refractivity contribution in [2.24, 2.45) is 33.3 Å². The van der Waals surface area contributed by atoms with Crippen LogP contribution in [-0.4, -0.2) is 177 Å². The van der Waals surface area contributed by atoms with Crippen molar-refractivity contribution in [2.75, 3.05) is 20.3 Å². The largest absolute Gasteiger partial charge is 0.417 e. The fourth-order valence-corrected chi connectivity index (χ4v) is 7.72. The van der Waals surface area contributed by atoms with E-state index >= 15 is 0 Å². The Kier molecular flexibility index (Phi) is 18.3. The first-order chi connectivity index (χ1) is 32.5. The molecule has 0 spiro atoms. The summed E-state index contributed by atoms with van der Waals surface area (Å²) < 4.78 is 91.1. The number of rotatable bonds is 15. The smallest absolute Gasteiger partial charge is 0.394 e. The maximum Gasteiger partial charge on any atom is 0.417 e. The fraction of sp³-hybridized carbons (Fsp3) is 0.585. The van der Waals surface area contributed by atoms with Crippen molar-refractivity contribution in [1.29, 1.82) is 5.41 Å². The van der Waals surface area contributed by atoms with Crippen molar-refractivity contribution in [1.82, 2.24) is 16.0 Å². The topological polar surface area (TPSA) is 385 Å². The predicted molar refractivity (Wildman–Crippen MR) is 227 cm³/mol. The highest BCUT2D eigenvalue weighted by Crippen LogP contribution is 2.39. The molecule has 1 amide bonds. The molecule has 2 saturated heterocycles. The lowest BCUT2D eigenvalue weighted by Crippen LogP contribution is -2.70. The van der Waals surface area contributed by atoms with Crippen molar-refractivity contribution in [3.05, 3.63) is 70.8 Å². The molecule has 0 radical (unpaired) electrons. The van der Waals surface area contributed by atoms with Crippen LogP contribution in [0, 0.1) is 23.0 Å². The number of amidine groups is 1. The zero-order valence-electron chi connectivity index (χ0n) is 36.8. The van der Waals surface area contributed by atoms with Gasteiger partial charge in [-0.15, -0.1) is 0 Å². The molecular formula is C41H56F5N9O14. The molecule has 4 aliphatic rings. The number of guanidine groups is 2. The number of alkyl halides is 3. The lowest BCUT2D eigenvalue weighted by atomic mass is 9.81. The molecule has 17 N–H and O–H groups in total. The average molecular weight is 994 g/mol. The number of aliphatic hydroxyl groups is 7. The number of nitrogens with two attached hydrogens (primary N) is 3. The van der Waals surface area contributed by atoms with Gasteiger partial charge in [0.05, 0.1) is 42.3 Å². The molecule has 69 heavy (non-hydrogen) atoms. The number of nitrogens with zero attached hydrogens (tertiary/aromatic N) is 2. The van der Waals surface area contributed by atoms with E-state index in [0.717, 1.165) is 12.8 Å². The van der Waals surface area contributed by atoms with Crippen LogP contribution in [0.4, 0.5) is 22.0 Å². The zero-order chi connectivity index (χ0) is 51.1. The summed E-state index contributed by atoms with van der Waals surface area (Å²) in [6.45, 7) is 0.724. The third-order valence-electron chi connectivity index (χ3n) is 11.7. The van der Waals surface area contributed by atoms with Gasteiger partial charge in [-0.25, -0.2) is 13.8 Å². The molecule has 0 unspecified atom stereocenters. The zero-order valence-corrected chi connectivity index (χ0v) is 36.8. The number of aliphatic imine (C=N–C) groups is 1. The number of carbonyl (C=O) groups excluding carboxylic acids is 2. The van der Waals surface area contributed by atoms with Crippen LogP contribution in [0.15, 0.2) is 52.6 Å². The summed E-state index contributed by atoms with van der Waals surface area (Å²) in [6, 6.07) is 5.14. The monoisotopic (exact) mass is 993 g/mol. The molecule has 15 atom stereocenters. The van der Waals surface area contributed by atoms with E-state index in [9.17, 15) is 67.3 Å². The minimum atomic E-state index is -4.99. The van der Waals surface area contributed by atoms with Gasteiger partial charge >= 0.3 is 6.18 Å². The Hall–Kier alpha value is -5.24. The first kappa shape index (κ1) is 54.7. The molecule has 384 valence electrons. The summed E-state index contributed by atoms with van der Waals surface area (Å²) in [4.78, 5) is 33.3. The number of amides is 1. The first-order valence-electron chi connectivity index (χ1n) is 21.2. The van der Waals surface area contributed by atoms with Gasteiger partial charge in [0.25, 0.3) is 0 Å². The third-order valence-corrected chi connectivity index (χ3v) is 11.7. The first-order valence-corrected chi connectivity index (χ1v) is 21.2. The maximum absolute atomic E-state index is 14.4. The Labute approximate surface area is 389 Å². The third kappa shape index (κ3) is 12.9. The number of likely N-dealkylation sites (N-methyl/N-ethyl adjacent to an activating group) is 1. The van der Waals surface area contributed by atoms with Crippen LogP contribution in [0.2, 0.25) is 0 Å². The molecule has 6 rings (SSSR count). The minimum Gasteiger partial charge on any atom is -0.394 e. The summed E-state index contributed by atoms with van der Waals surface area (Å²) >= 11 is 0. The summed E-state index contributed by atoms with van der Waals surface area (Å²) in [6.07, 6.45) is -20.7. The molecular weight excluding hydrogens is 937 g/mol. The lowest BCUT2D eigenvalue weighted by molar-refractivity contribution is -0.314. The van der Waals surface area contributed by atoms with E-state index < -0.39 is 150 Å². The fourth-order valence-electron chi connectivity index (χ4n) is 7.72. The Morgan fingerprint density at radius 3 is 2.16 bits per heavy atom. The molecule has 2 aliphatic heterocycles. The Balaban J connectivity index is 0.000000270. The number of aldehydes is 1. The molecule has 0 aromatic heterocycles. The van der Waals surface area contributed by atoms with Crippen LogP contribution in [0.5, 0.6) is 0 Å². The number of carbonyl (C=O) groups is 2. The number of benzene rings is 2. The number of oxime groups is 1. The summed E-state index contributed by atoms with van der Waals surface area (Å²) in [5.41, 5.74) is 11.9. The number of halogens is 5. The summed E-state index contributed by atoms with van der Waals surface area (Å²) in [5.74, 6) is -5.79. The number of hydrogen-bond donors (Lipinski definition) is 14. The van der Waals surface area contributed by atoms with E-state index in [0.29, 0.717) is 17.7 Å².